The van der Waals surface area contributed by atoms with Crippen molar-refractivity contribution in [2.75, 3.05) is 4.72 Å². The predicted octanol–water partition coefficient (Wildman–Crippen LogP) is 4.20. The van der Waals surface area contributed by atoms with Crippen molar-refractivity contribution in [3.05, 3.63) is 60.3 Å². The van der Waals surface area contributed by atoms with Crippen LogP contribution in [0.3, 0.4) is 0 Å². The van der Waals surface area contributed by atoms with Crippen LogP contribution < -0.4 is 9.46 Å². The van der Waals surface area contributed by atoms with Crippen molar-refractivity contribution in [2.45, 2.75) is 62.4 Å². The maximum absolute atomic E-state index is 12.8. The highest BCUT2D eigenvalue weighted by Crippen LogP contribution is 2.43. The van der Waals surface area contributed by atoms with E-state index in [4.69, 9.17) is 4.74 Å². The molecule has 32 heavy (non-hydrogen) atoms. The fourth-order valence-electron chi connectivity index (χ4n) is 4.49. The molecule has 0 spiro atoms. The summed E-state index contributed by atoms with van der Waals surface area (Å²) in [7, 11) is -1.80. The maximum atomic E-state index is 12.8. The second kappa shape index (κ2) is 8.90. The van der Waals surface area contributed by atoms with Crippen LogP contribution in [0.2, 0.25) is 0 Å². The molecule has 0 radical (unpaired) electrons. The molecule has 3 aromatic rings. The van der Waals surface area contributed by atoms with Crippen molar-refractivity contribution in [1.82, 2.24) is 19.7 Å². The fourth-order valence-corrected chi connectivity index (χ4v) is 5.59. The van der Waals surface area contributed by atoms with Crippen LogP contribution in [0, 0.1) is 6.92 Å². The summed E-state index contributed by atoms with van der Waals surface area (Å²) in [6.07, 6.45) is 10.0. The van der Waals surface area contributed by atoms with Crippen molar-refractivity contribution < 1.29 is 13.2 Å². The van der Waals surface area contributed by atoms with Crippen LogP contribution in [0.5, 0.6) is 5.75 Å². The predicted molar refractivity (Wildman–Crippen MR) is 122 cm³/mol. The van der Waals surface area contributed by atoms with E-state index in [0.717, 1.165) is 31.2 Å². The second-order valence-electron chi connectivity index (χ2n) is 8.57. The Morgan fingerprint density at radius 3 is 2.69 bits per heavy atom. The van der Waals surface area contributed by atoms with E-state index < -0.39 is 15.6 Å². The molecule has 1 N–H and O–H groups in total. The number of aryl methyl sites for hydroxylation is 2. The normalized spacial score (nSPS) is 21.7. The van der Waals surface area contributed by atoms with Gasteiger partial charge in [-0.05, 0) is 69.0 Å². The zero-order valence-electron chi connectivity index (χ0n) is 18.7. The van der Waals surface area contributed by atoms with Gasteiger partial charge in [-0.1, -0.05) is 12.8 Å². The van der Waals surface area contributed by atoms with Crippen molar-refractivity contribution in [3.8, 4) is 5.75 Å². The van der Waals surface area contributed by atoms with Crippen LogP contribution in [0.25, 0.3) is 0 Å². The van der Waals surface area contributed by atoms with Crippen LogP contribution in [-0.2, 0) is 17.1 Å². The van der Waals surface area contributed by atoms with E-state index in [0.29, 0.717) is 5.75 Å². The highest BCUT2D eigenvalue weighted by Gasteiger charge is 2.40. The van der Waals surface area contributed by atoms with E-state index in [1.54, 1.807) is 18.2 Å². The summed E-state index contributed by atoms with van der Waals surface area (Å²) in [5.41, 5.74) is 1.53. The quantitative estimate of drug-likeness (QED) is 0.559. The van der Waals surface area contributed by atoms with Crippen LogP contribution in [0.1, 0.15) is 56.2 Å². The average molecular weight is 456 g/mol. The van der Waals surface area contributed by atoms with Gasteiger partial charge in [0.2, 0.25) is 0 Å². The standard InChI is InChI=1S/C23H29N5O3S/c1-17-15-18(32(29,30)27-22-11-13-24-16-25-22)8-9-21(17)31-23(2)12-6-4-5-7-19(23)20-10-14-26-28(20)3/h8-11,13-16,19H,4-7,12H2,1-3H3,(H,24,25,27)/t19-,23-/m1/s1. The number of ether oxygens (including phenoxy) is 1. The Morgan fingerprint density at radius 2 is 2.00 bits per heavy atom. The minimum atomic E-state index is -3.77. The molecule has 0 saturated heterocycles. The van der Waals surface area contributed by atoms with Gasteiger partial charge >= 0.3 is 0 Å². The number of hydrogen-bond donors (Lipinski definition) is 1. The topological polar surface area (TPSA) is 99.0 Å². The Hall–Kier alpha value is -2.94. The molecular weight excluding hydrogens is 426 g/mol. The number of hydrogen-bond acceptors (Lipinski definition) is 6. The molecule has 0 bridgehead atoms. The molecular formula is C23H29N5O3S. The van der Waals surface area contributed by atoms with Gasteiger partial charge in [-0.3, -0.25) is 9.40 Å². The minimum absolute atomic E-state index is 0.162. The van der Waals surface area contributed by atoms with Gasteiger partial charge in [-0.2, -0.15) is 5.10 Å². The monoisotopic (exact) mass is 455 g/mol. The Kier molecular flexibility index (Phi) is 6.19. The van der Waals surface area contributed by atoms with E-state index in [9.17, 15) is 8.42 Å². The third-order valence-electron chi connectivity index (χ3n) is 6.24. The Bertz CT molecular complexity index is 1180. The first-order valence-corrected chi connectivity index (χ1v) is 12.3. The number of anilines is 1. The van der Waals surface area contributed by atoms with Crippen molar-refractivity contribution in [1.29, 1.82) is 0 Å². The van der Waals surface area contributed by atoms with Gasteiger partial charge < -0.3 is 4.74 Å². The van der Waals surface area contributed by atoms with Crippen molar-refractivity contribution in [2.24, 2.45) is 7.05 Å². The smallest absolute Gasteiger partial charge is 0.263 e. The number of nitrogens with one attached hydrogen (secondary N) is 1. The summed E-state index contributed by atoms with van der Waals surface area (Å²) in [5, 5.41) is 4.36. The Morgan fingerprint density at radius 1 is 1.16 bits per heavy atom. The first-order valence-electron chi connectivity index (χ1n) is 10.8. The summed E-state index contributed by atoms with van der Waals surface area (Å²) in [5.74, 6) is 1.13. The molecule has 1 aliphatic rings. The van der Waals surface area contributed by atoms with Gasteiger partial charge in [-0.15, -0.1) is 0 Å². The first kappa shape index (κ1) is 22.3. The summed E-state index contributed by atoms with van der Waals surface area (Å²) >= 11 is 0. The van der Waals surface area contributed by atoms with Crippen LogP contribution in [-0.4, -0.2) is 33.8 Å². The van der Waals surface area contributed by atoms with Gasteiger partial charge in [0.15, 0.2) is 0 Å². The molecule has 1 fully saturated rings. The fraction of sp³-hybridized carbons (Fsp3) is 0.435. The number of benzene rings is 1. The van der Waals surface area contributed by atoms with E-state index in [2.05, 4.69) is 32.8 Å². The van der Waals surface area contributed by atoms with Crippen molar-refractivity contribution in [3.63, 3.8) is 0 Å². The summed E-state index contributed by atoms with van der Waals surface area (Å²) in [4.78, 5) is 7.90. The van der Waals surface area contributed by atoms with Crippen molar-refractivity contribution >= 4 is 15.8 Å². The van der Waals surface area contributed by atoms with Crippen LogP contribution in [0.15, 0.2) is 53.9 Å². The largest absolute Gasteiger partial charge is 0.487 e. The minimum Gasteiger partial charge on any atom is -0.487 e. The average Bonchev–Trinajstić information content (AvgIpc) is 3.08. The van der Waals surface area contributed by atoms with E-state index in [-0.39, 0.29) is 16.6 Å². The first-order chi connectivity index (χ1) is 15.3. The molecule has 2 atom stereocenters. The molecule has 0 aliphatic heterocycles. The van der Waals surface area contributed by atoms with E-state index in [1.165, 1.54) is 30.7 Å². The molecule has 0 amide bonds. The lowest BCUT2D eigenvalue weighted by Crippen LogP contribution is -2.39. The van der Waals surface area contributed by atoms with Gasteiger partial charge in [0, 0.05) is 31.1 Å². The summed E-state index contributed by atoms with van der Waals surface area (Å²) in [6.45, 7) is 4.04. The zero-order chi connectivity index (χ0) is 22.8. The molecule has 170 valence electrons. The molecule has 1 aromatic carbocycles. The van der Waals surface area contributed by atoms with Gasteiger partial charge in [0.25, 0.3) is 10.0 Å². The molecule has 2 aromatic heterocycles. The van der Waals surface area contributed by atoms with E-state index >= 15 is 0 Å². The van der Waals surface area contributed by atoms with Crippen LogP contribution >= 0.6 is 0 Å². The Labute approximate surface area is 189 Å². The SMILES string of the molecule is Cc1cc(S(=O)(=O)Nc2ccncn2)ccc1O[C@]1(C)CCCCC[C@@H]1c1ccnn1C. The number of sulfonamides is 1. The lowest BCUT2D eigenvalue weighted by atomic mass is 9.82. The molecule has 8 nitrogen and oxygen atoms in total. The van der Waals surface area contributed by atoms with E-state index in [1.807, 2.05) is 24.9 Å². The molecule has 4 rings (SSSR count). The van der Waals surface area contributed by atoms with Gasteiger partial charge in [-0.25, -0.2) is 18.4 Å². The number of rotatable bonds is 6. The van der Waals surface area contributed by atoms with Gasteiger partial charge in [0.1, 0.15) is 23.5 Å². The lowest BCUT2D eigenvalue weighted by molar-refractivity contribution is 0.0474. The number of aromatic nitrogens is 4. The Balaban J connectivity index is 1.60. The third kappa shape index (κ3) is 4.62. The highest BCUT2D eigenvalue weighted by molar-refractivity contribution is 7.92. The summed E-state index contributed by atoms with van der Waals surface area (Å²) < 4.78 is 36.6. The van der Waals surface area contributed by atoms with Crippen LogP contribution in [0.4, 0.5) is 5.82 Å². The molecule has 1 saturated carbocycles. The molecule has 1 aliphatic carbocycles. The summed E-state index contributed by atoms with van der Waals surface area (Å²) in [6, 6.07) is 8.54. The highest BCUT2D eigenvalue weighted by atomic mass is 32.2. The third-order valence-corrected chi connectivity index (χ3v) is 7.59. The molecule has 0 unspecified atom stereocenters. The van der Waals surface area contributed by atoms with Gasteiger partial charge in [0.05, 0.1) is 4.90 Å². The maximum Gasteiger partial charge on any atom is 0.263 e. The molecule has 2 heterocycles. The lowest BCUT2D eigenvalue weighted by Gasteiger charge is -2.37. The molecule has 9 heteroatoms. The zero-order valence-corrected chi connectivity index (χ0v) is 19.5. The second-order valence-corrected chi connectivity index (χ2v) is 10.3. The number of nitrogens with zero attached hydrogens (tertiary/aromatic N) is 4.